The van der Waals surface area contributed by atoms with Crippen LogP contribution in [0.4, 0.5) is 11.4 Å². The lowest BCUT2D eigenvalue weighted by molar-refractivity contribution is 0.0993. The molecule has 0 spiro atoms. The van der Waals surface area contributed by atoms with Crippen LogP contribution in [0.2, 0.25) is 0 Å². The highest BCUT2D eigenvalue weighted by Crippen LogP contribution is 2.37. The van der Waals surface area contributed by atoms with E-state index in [0.29, 0.717) is 5.56 Å². The SMILES string of the molecule is Cc1ccc(C)c(NC2c3ncccc3C(=O)N2c2ccccc2)c1. The molecule has 25 heavy (non-hydrogen) atoms. The molecule has 0 bridgehead atoms. The van der Waals surface area contributed by atoms with Gasteiger partial charge in [0.15, 0.2) is 6.17 Å². The van der Waals surface area contributed by atoms with Gasteiger partial charge in [-0.3, -0.25) is 14.7 Å². The van der Waals surface area contributed by atoms with Crippen LogP contribution in [0.3, 0.4) is 0 Å². The number of fused-ring (bicyclic) bond motifs is 1. The maximum atomic E-state index is 13.0. The van der Waals surface area contributed by atoms with Crippen molar-refractivity contribution in [3.05, 3.63) is 89.2 Å². The fraction of sp³-hybridized carbons (Fsp3) is 0.143. The molecule has 2 heterocycles. The van der Waals surface area contributed by atoms with Crippen molar-refractivity contribution in [2.75, 3.05) is 10.2 Å². The Morgan fingerprint density at radius 1 is 1.00 bits per heavy atom. The summed E-state index contributed by atoms with van der Waals surface area (Å²) < 4.78 is 0. The molecule has 0 fully saturated rings. The van der Waals surface area contributed by atoms with Crippen molar-refractivity contribution in [3.8, 4) is 0 Å². The molecule has 124 valence electrons. The molecular weight excluding hydrogens is 310 g/mol. The molecule has 0 saturated carbocycles. The van der Waals surface area contributed by atoms with Crippen molar-refractivity contribution in [3.63, 3.8) is 0 Å². The number of nitrogens with zero attached hydrogens (tertiary/aromatic N) is 2. The third kappa shape index (κ3) is 2.66. The number of aromatic nitrogens is 1. The number of amides is 1. The van der Waals surface area contributed by atoms with Gasteiger partial charge in [0, 0.05) is 17.6 Å². The summed E-state index contributed by atoms with van der Waals surface area (Å²) in [5, 5.41) is 3.53. The summed E-state index contributed by atoms with van der Waals surface area (Å²) in [6.45, 7) is 4.12. The summed E-state index contributed by atoms with van der Waals surface area (Å²) in [6, 6.07) is 19.6. The molecule has 1 atom stereocenters. The highest BCUT2D eigenvalue weighted by molar-refractivity contribution is 6.11. The Labute approximate surface area is 147 Å². The van der Waals surface area contributed by atoms with Gasteiger partial charge in [-0.25, -0.2) is 0 Å². The Kier molecular flexibility index (Phi) is 3.73. The van der Waals surface area contributed by atoms with Crippen LogP contribution in [0.25, 0.3) is 0 Å². The molecule has 1 aromatic heterocycles. The number of rotatable bonds is 3. The Morgan fingerprint density at radius 3 is 2.60 bits per heavy atom. The minimum atomic E-state index is -0.327. The van der Waals surface area contributed by atoms with Gasteiger partial charge in [-0.05, 0) is 55.3 Å². The number of hydrogen-bond donors (Lipinski definition) is 1. The van der Waals surface area contributed by atoms with Gasteiger partial charge in [0.05, 0.1) is 11.3 Å². The first kappa shape index (κ1) is 15.4. The first-order chi connectivity index (χ1) is 12.1. The first-order valence-corrected chi connectivity index (χ1v) is 8.32. The van der Waals surface area contributed by atoms with Crippen molar-refractivity contribution >= 4 is 17.3 Å². The standard InChI is InChI=1S/C21H19N3O/c1-14-10-11-15(2)18(13-14)23-20-19-17(9-6-12-22-19)21(25)24(20)16-7-4-3-5-8-16/h3-13,20,23H,1-2H3. The first-order valence-electron chi connectivity index (χ1n) is 8.32. The summed E-state index contributed by atoms with van der Waals surface area (Å²) in [7, 11) is 0. The lowest BCUT2D eigenvalue weighted by Gasteiger charge is -2.27. The zero-order valence-corrected chi connectivity index (χ0v) is 14.2. The Morgan fingerprint density at radius 2 is 1.80 bits per heavy atom. The van der Waals surface area contributed by atoms with E-state index in [1.54, 1.807) is 17.2 Å². The van der Waals surface area contributed by atoms with E-state index in [9.17, 15) is 4.79 Å². The third-order valence-corrected chi connectivity index (χ3v) is 4.52. The fourth-order valence-electron chi connectivity index (χ4n) is 3.21. The molecular formula is C21H19N3O. The van der Waals surface area contributed by atoms with Crippen molar-refractivity contribution in [1.29, 1.82) is 0 Å². The largest absolute Gasteiger partial charge is 0.360 e. The van der Waals surface area contributed by atoms with Gasteiger partial charge in [-0.1, -0.05) is 30.3 Å². The number of nitrogens with one attached hydrogen (secondary N) is 1. The van der Waals surface area contributed by atoms with Crippen LogP contribution in [-0.4, -0.2) is 10.9 Å². The average Bonchev–Trinajstić information content (AvgIpc) is 2.91. The highest BCUT2D eigenvalue weighted by atomic mass is 16.2. The summed E-state index contributed by atoms with van der Waals surface area (Å²) in [5.41, 5.74) is 5.58. The normalized spacial score (nSPS) is 16.0. The molecule has 0 saturated heterocycles. The van der Waals surface area contributed by atoms with E-state index in [2.05, 4.69) is 42.3 Å². The van der Waals surface area contributed by atoms with E-state index in [4.69, 9.17) is 0 Å². The lowest BCUT2D eigenvalue weighted by Crippen LogP contribution is -2.32. The smallest absolute Gasteiger partial charge is 0.262 e. The van der Waals surface area contributed by atoms with E-state index >= 15 is 0 Å². The van der Waals surface area contributed by atoms with Gasteiger partial charge in [0.2, 0.25) is 0 Å². The lowest BCUT2D eigenvalue weighted by atomic mass is 10.1. The number of pyridine rings is 1. The zero-order chi connectivity index (χ0) is 17.4. The van der Waals surface area contributed by atoms with Gasteiger partial charge in [0.25, 0.3) is 5.91 Å². The van der Waals surface area contributed by atoms with Crippen LogP contribution in [0.5, 0.6) is 0 Å². The van der Waals surface area contributed by atoms with Crippen LogP contribution in [0.15, 0.2) is 66.9 Å². The minimum Gasteiger partial charge on any atom is -0.360 e. The van der Waals surface area contributed by atoms with Gasteiger partial charge in [-0.15, -0.1) is 0 Å². The molecule has 4 nitrogen and oxygen atoms in total. The molecule has 4 heteroatoms. The summed E-state index contributed by atoms with van der Waals surface area (Å²) in [5.74, 6) is -0.0305. The van der Waals surface area contributed by atoms with E-state index in [1.807, 2.05) is 36.4 Å². The predicted molar refractivity (Wildman–Crippen MR) is 99.8 cm³/mol. The molecule has 4 rings (SSSR count). The second-order valence-electron chi connectivity index (χ2n) is 6.31. The van der Waals surface area contributed by atoms with Gasteiger partial charge >= 0.3 is 0 Å². The van der Waals surface area contributed by atoms with Crippen molar-refractivity contribution < 1.29 is 4.79 Å². The van der Waals surface area contributed by atoms with Crippen molar-refractivity contribution in [1.82, 2.24) is 4.98 Å². The molecule has 1 aliphatic heterocycles. The molecule has 1 unspecified atom stereocenters. The zero-order valence-electron chi connectivity index (χ0n) is 14.2. The van der Waals surface area contributed by atoms with Gasteiger partial charge < -0.3 is 5.32 Å². The quantitative estimate of drug-likeness (QED) is 0.771. The molecule has 1 aliphatic rings. The van der Waals surface area contributed by atoms with E-state index < -0.39 is 0 Å². The number of anilines is 2. The molecule has 1 N–H and O–H groups in total. The van der Waals surface area contributed by atoms with Gasteiger partial charge in [0.1, 0.15) is 0 Å². The summed E-state index contributed by atoms with van der Waals surface area (Å²) >= 11 is 0. The molecule has 0 aliphatic carbocycles. The van der Waals surface area contributed by atoms with Crippen LogP contribution in [0.1, 0.15) is 33.3 Å². The monoisotopic (exact) mass is 329 g/mol. The Balaban J connectivity index is 1.81. The summed E-state index contributed by atoms with van der Waals surface area (Å²) in [6.07, 6.45) is 1.41. The second kappa shape index (κ2) is 6.06. The third-order valence-electron chi connectivity index (χ3n) is 4.52. The van der Waals surface area contributed by atoms with E-state index in [0.717, 1.165) is 22.6 Å². The molecule has 3 aromatic rings. The van der Waals surface area contributed by atoms with E-state index in [1.165, 1.54) is 5.56 Å². The van der Waals surface area contributed by atoms with Crippen LogP contribution in [0, 0.1) is 13.8 Å². The predicted octanol–water partition coefficient (Wildman–Crippen LogP) is 4.47. The number of carbonyl (C=O) groups excluding carboxylic acids is 1. The Bertz CT molecular complexity index is 937. The molecule has 2 aromatic carbocycles. The maximum absolute atomic E-state index is 13.0. The topological polar surface area (TPSA) is 45.2 Å². The molecule has 0 radical (unpaired) electrons. The minimum absolute atomic E-state index is 0.0305. The van der Waals surface area contributed by atoms with E-state index in [-0.39, 0.29) is 12.1 Å². The number of para-hydroxylation sites is 1. The van der Waals surface area contributed by atoms with Crippen LogP contribution in [-0.2, 0) is 0 Å². The van der Waals surface area contributed by atoms with Crippen molar-refractivity contribution in [2.45, 2.75) is 20.0 Å². The highest BCUT2D eigenvalue weighted by Gasteiger charge is 2.39. The Hall–Kier alpha value is -3.14. The second-order valence-corrected chi connectivity index (χ2v) is 6.31. The number of benzene rings is 2. The van der Waals surface area contributed by atoms with Crippen LogP contribution >= 0.6 is 0 Å². The average molecular weight is 329 g/mol. The van der Waals surface area contributed by atoms with Crippen LogP contribution < -0.4 is 10.2 Å². The summed E-state index contributed by atoms with van der Waals surface area (Å²) in [4.78, 5) is 19.3. The van der Waals surface area contributed by atoms with Gasteiger partial charge in [-0.2, -0.15) is 0 Å². The van der Waals surface area contributed by atoms with Crippen molar-refractivity contribution in [2.24, 2.45) is 0 Å². The number of aryl methyl sites for hydroxylation is 2. The molecule has 1 amide bonds. The number of hydrogen-bond acceptors (Lipinski definition) is 3. The fourth-order valence-corrected chi connectivity index (χ4v) is 3.21. The number of carbonyl (C=O) groups is 1. The maximum Gasteiger partial charge on any atom is 0.262 e.